The fourth-order valence-corrected chi connectivity index (χ4v) is 9.17. The lowest BCUT2D eigenvalue weighted by Gasteiger charge is -2.37. The molecule has 4 heteroatoms. The third-order valence-corrected chi connectivity index (χ3v) is 12.0. The van der Waals surface area contributed by atoms with E-state index in [2.05, 4.69) is 168 Å². The highest BCUT2D eigenvalue weighted by Crippen LogP contribution is 2.38. The normalized spacial score (nSPS) is 12.9. The van der Waals surface area contributed by atoms with E-state index in [0.717, 1.165) is 5.82 Å². The van der Waals surface area contributed by atoms with Crippen molar-refractivity contribution in [2.24, 2.45) is 0 Å². The summed E-state index contributed by atoms with van der Waals surface area (Å²) in [5, 5.41) is 1.26. The number of hydrogen-bond acceptors (Lipinski definition) is 1. The Morgan fingerprint density at radius 1 is 0.674 bits per heavy atom. The molecule has 230 valence electrons. The number of aryl methyl sites for hydroxylation is 1. The highest BCUT2D eigenvalue weighted by atomic mass is 28.2. The topological polar surface area (TPSA) is 17.8 Å². The van der Waals surface area contributed by atoms with Crippen molar-refractivity contribution in [2.75, 3.05) is 0 Å². The van der Waals surface area contributed by atoms with E-state index < -0.39 is 9.52 Å². The smallest absolute Gasteiger partial charge is 0.212 e. The van der Waals surface area contributed by atoms with Crippen LogP contribution in [-0.2, 0) is 11.6 Å². The van der Waals surface area contributed by atoms with Crippen LogP contribution in [0.4, 0.5) is 0 Å². The fraction of sp³-hybridized carbons (Fsp3) is 0.214. The molecule has 2 nitrogen and oxygen atoms in total. The summed E-state index contributed by atoms with van der Waals surface area (Å²) in [5.74, 6) is 0.866. The van der Waals surface area contributed by atoms with Gasteiger partial charge in [0.15, 0.2) is 0 Å². The average Bonchev–Trinajstić information content (AvgIpc) is 3.80. The molecule has 0 saturated heterocycles. The Balaban J connectivity index is 0.000000194. The van der Waals surface area contributed by atoms with E-state index in [9.17, 15) is 0 Å². The fourth-order valence-electron chi connectivity index (χ4n) is 6.86. The van der Waals surface area contributed by atoms with Gasteiger partial charge < -0.3 is 4.57 Å². The van der Waals surface area contributed by atoms with Gasteiger partial charge in [0.1, 0.15) is 0 Å². The van der Waals surface area contributed by atoms with Gasteiger partial charge in [-0.25, -0.2) is 4.98 Å². The number of aromatic nitrogens is 2. The van der Waals surface area contributed by atoms with Crippen LogP contribution in [0.1, 0.15) is 55.7 Å². The van der Waals surface area contributed by atoms with Crippen LogP contribution in [-0.4, -0.2) is 25.8 Å². The first-order valence-electron chi connectivity index (χ1n) is 17.0. The summed E-state index contributed by atoms with van der Waals surface area (Å²) in [4.78, 5) is 4.42. The van der Waals surface area contributed by atoms with Gasteiger partial charge in [-0.3, -0.25) is 0 Å². The van der Waals surface area contributed by atoms with Crippen molar-refractivity contribution in [1.29, 1.82) is 0 Å². The molecule has 0 spiro atoms. The van der Waals surface area contributed by atoms with E-state index >= 15 is 0 Å². The van der Waals surface area contributed by atoms with Gasteiger partial charge >= 0.3 is 0 Å². The number of benzene rings is 5. The molecule has 1 saturated carbocycles. The predicted octanol–water partition coefficient (Wildman–Crippen LogP) is 7.32. The van der Waals surface area contributed by atoms with Gasteiger partial charge in [-0.2, -0.15) is 0 Å². The van der Waals surface area contributed by atoms with E-state index in [0.29, 0.717) is 6.71 Å². The summed E-state index contributed by atoms with van der Waals surface area (Å²) in [6, 6.07) is 53.1. The summed E-state index contributed by atoms with van der Waals surface area (Å²) in [6.07, 6.45) is 13.8. The third kappa shape index (κ3) is 7.69. The molecule has 7 rings (SSSR count). The molecule has 0 atom stereocenters. The lowest BCUT2D eigenvalue weighted by Crippen LogP contribution is -2.46. The molecule has 1 fully saturated rings. The summed E-state index contributed by atoms with van der Waals surface area (Å²) in [5.41, 5.74) is 7.04. The van der Waals surface area contributed by atoms with Crippen molar-refractivity contribution in [2.45, 2.75) is 56.4 Å². The van der Waals surface area contributed by atoms with Crippen molar-refractivity contribution >= 4 is 32.3 Å². The Morgan fingerprint density at radius 2 is 1.20 bits per heavy atom. The van der Waals surface area contributed by atoms with Crippen LogP contribution in [0.5, 0.6) is 0 Å². The van der Waals surface area contributed by atoms with Crippen molar-refractivity contribution in [3.05, 3.63) is 181 Å². The maximum Gasteiger partial charge on any atom is 0.212 e. The van der Waals surface area contributed by atoms with Crippen molar-refractivity contribution in [3.63, 3.8) is 0 Å². The van der Waals surface area contributed by atoms with E-state index in [1.807, 2.05) is 12.5 Å². The second-order valence-corrected chi connectivity index (χ2v) is 14.8. The van der Waals surface area contributed by atoms with Crippen LogP contribution < -0.4 is 16.1 Å². The minimum atomic E-state index is -0.786. The monoisotopic (exact) mass is 616 g/mol. The number of nitrogens with zero attached hydrogens (tertiary/aromatic N) is 2. The van der Waals surface area contributed by atoms with Crippen LogP contribution in [0.15, 0.2) is 164 Å². The van der Waals surface area contributed by atoms with Crippen LogP contribution in [0.2, 0.25) is 5.82 Å². The molecule has 5 aromatic carbocycles. The minimum Gasteiger partial charge on any atom is -0.326 e. The Labute approximate surface area is 278 Å². The molecule has 0 bridgehead atoms. The van der Waals surface area contributed by atoms with Crippen LogP contribution >= 0.6 is 0 Å². The van der Waals surface area contributed by atoms with E-state index in [-0.39, 0.29) is 5.16 Å². The maximum absolute atomic E-state index is 4.42. The van der Waals surface area contributed by atoms with Gasteiger partial charge in [0, 0.05) is 12.4 Å². The molecule has 46 heavy (non-hydrogen) atoms. The first-order chi connectivity index (χ1) is 22.8. The maximum atomic E-state index is 4.42. The summed E-state index contributed by atoms with van der Waals surface area (Å²) >= 11 is 0. The average molecular weight is 617 g/mol. The Morgan fingerprint density at radius 3 is 1.65 bits per heavy atom. The molecule has 0 radical (unpaired) electrons. The van der Waals surface area contributed by atoms with Gasteiger partial charge in [-0.1, -0.05) is 200 Å². The third-order valence-electron chi connectivity index (χ3n) is 9.41. The lowest BCUT2D eigenvalue weighted by molar-refractivity contribution is 0.596. The van der Waals surface area contributed by atoms with Crippen LogP contribution in [0.25, 0.3) is 0 Å². The molecule has 1 heterocycles. The van der Waals surface area contributed by atoms with Gasteiger partial charge in [-0.05, 0) is 29.5 Å². The highest BCUT2D eigenvalue weighted by Gasteiger charge is 2.37. The molecule has 6 aromatic rings. The Hall–Kier alpha value is -4.41. The van der Waals surface area contributed by atoms with Crippen LogP contribution in [0.3, 0.4) is 0 Å². The van der Waals surface area contributed by atoms with Gasteiger partial charge in [0.25, 0.3) is 0 Å². The Kier molecular flexibility index (Phi) is 10.8. The first-order valence-corrected chi connectivity index (χ1v) is 18.5. The van der Waals surface area contributed by atoms with E-state index in [1.54, 1.807) is 0 Å². The molecular formula is C42H45BN2Si. The highest BCUT2D eigenvalue weighted by molar-refractivity contribution is 6.86. The van der Waals surface area contributed by atoms with Gasteiger partial charge in [-0.15, -0.1) is 0 Å². The second-order valence-electron chi connectivity index (χ2n) is 12.6. The largest absolute Gasteiger partial charge is 0.326 e. The molecule has 0 N–H and O–H groups in total. The predicted molar refractivity (Wildman–Crippen MR) is 200 cm³/mol. The molecule has 0 amide bonds. The molecule has 0 unspecified atom stereocenters. The summed E-state index contributed by atoms with van der Waals surface area (Å²) < 4.78 is 2.32. The van der Waals surface area contributed by atoms with E-state index in [1.165, 1.54) is 71.3 Å². The SMILES string of the molecule is CCCCCc1ccc([SiH2]C(c2ccccc2)(c2ccccc2)n2ccnc2)cc1.c1ccc(B(c2ccccc2)C2CC2)cc1. The summed E-state index contributed by atoms with van der Waals surface area (Å²) in [7, 11) is -0.786. The minimum absolute atomic E-state index is 0.206. The first kappa shape index (κ1) is 31.6. The van der Waals surface area contributed by atoms with Gasteiger partial charge in [0.05, 0.1) is 21.0 Å². The standard InChI is InChI=1S/C27H30N2Si.C15H15B/c1-2-3-6-11-23-16-18-26(19-17-23)30-27(29-21-20-28-22-29,24-12-7-4-8-13-24)25-14-9-5-10-15-25;1-3-7-13(8-4-1)16(15-11-12-15)14-9-5-2-6-10-14/h4-5,7-10,12-22H,2-3,6,11,30H2,1H3;1-10,15H,11-12H2. The zero-order valence-electron chi connectivity index (χ0n) is 27.1. The molecule has 0 aliphatic heterocycles. The van der Waals surface area contributed by atoms with Crippen molar-refractivity contribution in [3.8, 4) is 0 Å². The Bertz CT molecular complexity index is 1620. The van der Waals surface area contributed by atoms with E-state index in [4.69, 9.17) is 0 Å². The summed E-state index contributed by atoms with van der Waals surface area (Å²) in [6.45, 7) is 2.87. The quantitative estimate of drug-likeness (QED) is 0.104. The zero-order valence-corrected chi connectivity index (χ0v) is 28.5. The lowest BCUT2D eigenvalue weighted by atomic mass is 9.37. The molecular weight excluding hydrogens is 571 g/mol. The molecule has 1 aliphatic carbocycles. The number of unbranched alkanes of at least 4 members (excludes halogenated alkanes) is 2. The number of hydrogen-bond donors (Lipinski definition) is 0. The van der Waals surface area contributed by atoms with Crippen molar-refractivity contribution in [1.82, 2.24) is 9.55 Å². The number of imidazole rings is 1. The van der Waals surface area contributed by atoms with Crippen molar-refractivity contribution < 1.29 is 0 Å². The molecule has 1 aliphatic rings. The molecule has 1 aromatic heterocycles. The zero-order chi connectivity index (χ0) is 31.4. The van der Waals surface area contributed by atoms with Crippen LogP contribution in [0, 0.1) is 0 Å². The number of rotatable bonds is 12. The van der Waals surface area contributed by atoms with Gasteiger partial charge in [0.2, 0.25) is 6.71 Å². The second kappa shape index (κ2) is 15.7.